The minimum absolute atomic E-state index is 0.134. The molecule has 2 nitrogen and oxygen atoms in total. The summed E-state index contributed by atoms with van der Waals surface area (Å²) in [4.78, 5) is 0. The molecule has 1 unspecified atom stereocenters. The molecule has 1 rings (SSSR count). The molecule has 0 aliphatic heterocycles. The summed E-state index contributed by atoms with van der Waals surface area (Å²) in [6.07, 6.45) is 0. The highest BCUT2D eigenvalue weighted by Gasteiger charge is 2.13. The first-order valence-electron chi connectivity index (χ1n) is 5.90. The van der Waals surface area contributed by atoms with Gasteiger partial charge in [-0.3, -0.25) is 0 Å². The number of benzene rings is 1. The average molecular weight is 221 g/mol. The van der Waals surface area contributed by atoms with E-state index in [2.05, 4.69) is 45.1 Å². The fraction of sp³-hybridized carbons (Fsp3) is 0.571. The molecule has 90 valence electrons. The van der Waals surface area contributed by atoms with E-state index in [0.29, 0.717) is 0 Å². The van der Waals surface area contributed by atoms with E-state index in [1.54, 1.807) is 0 Å². The lowest BCUT2D eigenvalue weighted by Crippen LogP contribution is -2.32. The molecule has 1 aromatic rings. The summed E-state index contributed by atoms with van der Waals surface area (Å²) < 4.78 is 0. The zero-order valence-corrected chi connectivity index (χ0v) is 11.0. The van der Waals surface area contributed by atoms with Crippen molar-refractivity contribution in [2.75, 3.05) is 6.61 Å². The van der Waals surface area contributed by atoms with E-state index < -0.39 is 0 Å². The smallest absolute Gasteiger partial charge is 0.0582 e. The molecule has 0 radical (unpaired) electrons. The van der Waals surface area contributed by atoms with Gasteiger partial charge in [0, 0.05) is 12.1 Å². The van der Waals surface area contributed by atoms with Crippen LogP contribution in [0.2, 0.25) is 0 Å². The summed E-state index contributed by atoms with van der Waals surface area (Å²) in [5, 5.41) is 12.4. The molecule has 2 N–H and O–H groups in total. The van der Waals surface area contributed by atoms with Gasteiger partial charge in [-0.1, -0.05) is 17.7 Å². The predicted molar refractivity (Wildman–Crippen MR) is 68.8 cm³/mol. The van der Waals surface area contributed by atoms with E-state index in [1.807, 2.05) is 6.92 Å². The van der Waals surface area contributed by atoms with Gasteiger partial charge in [-0.15, -0.1) is 0 Å². The SMILES string of the molecule is Cc1cc(C)c(C(C)N[C@H](C)CO)c(C)c1. The fourth-order valence-electron chi connectivity index (χ4n) is 2.44. The predicted octanol–water partition coefficient (Wildman–Crippen LogP) is 2.64. The highest BCUT2D eigenvalue weighted by atomic mass is 16.3. The Balaban J connectivity index is 2.95. The number of aliphatic hydroxyl groups excluding tert-OH is 1. The van der Waals surface area contributed by atoms with Crippen LogP contribution in [0.3, 0.4) is 0 Å². The second-order valence-corrected chi connectivity index (χ2v) is 4.78. The Hall–Kier alpha value is -0.860. The van der Waals surface area contributed by atoms with Crippen molar-refractivity contribution < 1.29 is 5.11 Å². The molecule has 0 aromatic heterocycles. The molecule has 0 amide bonds. The summed E-state index contributed by atoms with van der Waals surface area (Å²) >= 11 is 0. The van der Waals surface area contributed by atoms with Crippen molar-refractivity contribution in [3.63, 3.8) is 0 Å². The molecule has 0 bridgehead atoms. The lowest BCUT2D eigenvalue weighted by atomic mass is 9.94. The van der Waals surface area contributed by atoms with Crippen LogP contribution in [0, 0.1) is 20.8 Å². The highest BCUT2D eigenvalue weighted by molar-refractivity contribution is 5.39. The molecule has 2 heteroatoms. The number of hydrogen-bond acceptors (Lipinski definition) is 2. The van der Waals surface area contributed by atoms with Crippen LogP contribution in [0.4, 0.5) is 0 Å². The minimum Gasteiger partial charge on any atom is -0.395 e. The topological polar surface area (TPSA) is 32.3 Å². The van der Waals surface area contributed by atoms with Crippen LogP contribution in [0.5, 0.6) is 0 Å². The van der Waals surface area contributed by atoms with Crippen LogP contribution in [0.1, 0.15) is 42.1 Å². The highest BCUT2D eigenvalue weighted by Crippen LogP contribution is 2.23. The Morgan fingerprint density at radius 3 is 2.06 bits per heavy atom. The molecular weight excluding hydrogens is 198 g/mol. The summed E-state index contributed by atoms with van der Waals surface area (Å²) in [6, 6.07) is 4.84. The number of nitrogens with one attached hydrogen (secondary N) is 1. The fourth-order valence-corrected chi connectivity index (χ4v) is 2.44. The van der Waals surface area contributed by atoms with E-state index in [9.17, 15) is 0 Å². The maximum Gasteiger partial charge on any atom is 0.0582 e. The van der Waals surface area contributed by atoms with Gasteiger partial charge < -0.3 is 10.4 Å². The Bertz CT molecular complexity index is 337. The van der Waals surface area contributed by atoms with Crippen molar-refractivity contribution in [1.29, 1.82) is 0 Å². The van der Waals surface area contributed by atoms with Gasteiger partial charge in [-0.25, -0.2) is 0 Å². The molecular formula is C14H23NO. The summed E-state index contributed by atoms with van der Waals surface area (Å²) in [5.74, 6) is 0. The monoisotopic (exact) mass is 221 g/mol. The van der Waals surface area contributed by atoms with Crippen molar-refractivity contribution in [3.8, 4) is 0 Å². The average Bonchev–Trinajstić information content (AvgIpc) is 2.15. The van der Waals surface area contributed by atoms with Crippen LogP contribution < -0.4 is 5.32 Å². The third-order valence-electron chi connectivity index (χ3n) is 2.98. The van der Waals surface area contributed by atoms with Gasteiger partial charge in [0.15, 0.2) is 0 Å². The van der Waals surface area contributed by atoms with E-state index in [-0.39, 0.29) is 18.7 Å². The molecule has 0 aliphatic carbocycles. The molecule has 0 saturated heterocycles. The van der Waals surface area contributed by atoms with Crippen LogP contribution in [-0.4, -0.2) is 17.8 Å². The van der Waals surface area contributed by atoms with Crippen molar-refractivity contribution in [3.05, 3.63) is 34.4 Å². The van der Waals surface area contributed by atoms with Crippen LogP contribution in [0.15, 0.2) is 12.1 Å². The second kappa shape index (κ2) is 5.46. The van der Waals surface area contributed by atoms with Crippen LogP contribution in [0.25, 0.3) is 0 Å². The largest absolute Gasteiger partial charge is 0.395 e. The van der Waals surface area contributed by atoms with Crippen LogP contribution >= 0.6 is 0 Å². The van der Waals surface area contributed by atoms with Gasteiger partial charge in [0.2, 0.25) is 0 Å². The Labute approximate surface area is 98.7 Å². The summed E-state index contributed by atoms with van der Waals surface area (Å²) in [7, 11) is 0. The van der Waals surface area contributed by atoms with Crippen LogP contribution in [-0.2, 0) is 0 Å². The summed E-state index contributed by atoms with van der Waals surface area (Å²) in [6.45, 7) is 10.7. The lowest BCUT2D eigenvalue weighted by Gasteiger charge is -2.22. The van der Waals surface area contributed by atoms with Crippen molar-refractivity contribution in [1.82, 2.24) is 5.32 Å². The summed E-state index contributed by atoms with van der Waals surface area (Å²) in [5.41, 5.74) is 5.30. The number of rotatable bonds is 4. The molecule has 16 heavy (non-hydrogen) atoms. The van der Waals surface area contributed by atoms with Crippen molar-refractivity contribution in [2.45, 2.75) is 46.7 Å². The van der Waals surface area contributed by atoms with E-state index >= 15 is 0 Å². The molecule has 1 aromatic carbocycles. The van der Waals surface area contributed by atoms with Crippen molar-refractivity contribution >= 4 is 0 Å². The minimum atomic E-state index is 0.134. The molecule has 0 heterocycles. The van der Waals surface area contributed by atoms with Gasteiger partial charge in [0.1, 0.15) is 0 Å². The van der Waals surface area contributed by atoms with Gasteiger partial charge in [0.05, 0.1) is 6.61 Å². The molecule has 0 aliphatic rings. The van der Waals surface area contributed by atoms with Gasteiger partial charge in [0.25, 0.3) is 0 Å². The van der Waals surface area contributed by atoms with E-state index in [0.717, 1.165) is 0 Å². The van der Waals surface area contributed by atoms with Gasteiger partial charge >= 0.3 is 0 Å². The third kappa shape index (κ3) is 3.06. The number of hydrogen-bond donors (Lipinski definition) is 2. The third-order valence-corrected chi connectivity index (χ3v) is 2.98. The standard InChI is InChI=1S/C14H23NO/c1-9-6-10(2)14(11(3)7-9)13(5)15-12(4)8-16/h6-7,12-13,15-16H,8H2,1-5H3/t12-,13?/m1/s1. The Kier molecular flexibility index (Phi) is 4.51. The second-order valence-electron chi connectivity index (χ2n) is 4.78. The molecule has 0 fully saturated rings. The van der Waals surface area contributed by atoms with E-state index in [4.69, 9.17) is 5.11 Å². The quantitative estimate of drug-likeness (QED) is 0.819. The Morgan fingerprint density at radius 2 is 1.62 bits per heavy atom. The maximum atomic E-state index is 9.05. The maximum absolute atomic E-state index is 9.05. The first-order chi connectivity index (χ1) is 7.45. The van der Waals surface area contributed by atoms with E-state index in [1.165, 1.54) is 22.3 Å². The first-order valence-corrected chi connectivity index (χ1v) is 5.90. The molecule has 0 spiro atoms. The van der Waals surface area contributed by atoms with Crippen molar-refractivity contribution in [2.24, 2.45) is 0 Å². The first kappa shape index (κ1) is 13.2. The molecule has 0 saturated carbocycles. The number of aryl methyl sites for hydroxylation is 3. The molecule has 2 atom stereocenters. The number of aliphatic hydroxyl groups is 1. The van der Waals surface area contributed by atoms with Gasteiger partial charge in [-0.05, 0) is 51.3 Å². The zero-order valence-electron chi connectivity index (χ0n) is 11.0. The van der Waals surface area contributed by atoms with Gasteiger partial charge in [-0.2, -0.15) is 0 Å². The zero-order chi connectivity index (χ0) is 12.3. The lowest BCUT2D eigenvalue weighted by molar-refractivity contribution is 0.243. The normalized spacial score (nSPS) is 14.9. The Morgan fingerprint density at radius 1 is 1.12 bits per heavy atom.